The number of carbonyl (C=O) groups excluding carboxylic acids is 2. The third kappa shape index (κ3) is 8.98. The minimum atomic E-state index is -0.470. The summed E-state index contributed by atoms with van der Waals surface area (Å²) < 4.78 is 16.4. The summed E-state index contributed by atoms with van der Waals surface area (Å²) in [6.45, 7) is 4.50. The van der Waals surface area contributed by atoms with Crippen LogP contribution in [-0.2, 0) is 14.2 Å². The Labute approximate surface area is 209 Å². The Morgan fingerprint density at radius 3 is 2.66 bits per heavy atom. The lowest BCUT2D eigenvalue weighted by molar-refractivity contribution is -0.00869. The lowest BCUT2D eigenvalue weighted by Gasteiger charge is -2.38. The number of carbonyl (C=O) groups is 2. The first kappa shape index (κ1) is 27.2. The Kier molecular flexibility index (Phi) is 11.6. The number of methoxy groups -OCH3 is 1. The number of nitrogens with one attached hydrogen (secondary N) is 3. The van der Waals surface area contributed by atoms with Gasteiger partial charge in [-0.25, -0.2) is 9.59 Å². The molecule has 2 aliphatic rings. The Bertz CT molecular complexity index is 759. The standard InChI is InChI=1S/C26H42N4O5/c1-27-18-23(17-20-10-14-34-15-11-20)29-25(31)30-13-6-9-22(19-30)24(21-7-4-3-5-8-21)35-16-12-28-26(32)33-2/h3-5,7-8,20,22-24,27H,6,9-19H2,1-2H3,(H,28,32)(H,29,31). The van der Waals surface area contributed by atoms with E-state index in [9.17, 15) is 9.59 Å². The number of rotatable bonds is 11. The molecule has 9 heteroatoms. The van der Waals surface area contributed by atoms with Gasteiger partial charge in [0, 0.05) is 51.4 Å². The van der Waals surface area contributed by atoms with E-state index >= 15 is 0 Å². The Hall–Kier alpha value is -2.36. The van der Waals surface area contributed by atoms with E-state index in [2.05, 4.69) is 32.8 Å². The van der Waals surface area contributed by atoms with Gasteiger partial charge >= 0.3 is 12.1 Å². The maximum atomic E-state index is 13.3. The van der Waals surface area contributed by atoms with Crippen molar-refractivity contribution in [3.05, 3.63) is 35.9 Å². The van der Waals surface area contributed by atoms with Crippen LogP contribution in [0.1, 0.15) is 43.8 Å². The van der Waals surface area contributed by atoms with Crippen molar-refractivity contribution >= 4 is 12.1 Å². The highest BCUT2D eigenvalue weighted by Crippen LogP contribution is 2.33. The highest BCUT2D eigenvalue weighted by molar-refractivity contribution is 5.74. The molecule has 2 fully saturated rings. The highest BCUT2D eigenvalue weighted by atomic mass is 16.5. The molecular weight excluding hydrogens is 448 g/mol. The number of ether oxygens (including phenoxy) is 3. The largest absolute Gasteiger partial charge is 0.453 e. The smallest absolute Gasteiger partial charge is 0.406 e. The summed E-state index contributed by atoms with van der Waals surface area (Å²) in [4.78, 5) is 26.6. The van der Waals surface area contributed by atoms with Gasteiger partial charge in [0.25, 0.3) is 0 Å². The van der Waals surface area contributed by atoms with Crippen LogP contribution in [-0.4, -0.2) is 83.2 Å². The second kappa shape index (κ2) is 14.9. The van der Waals surface area contributed by atoms with Crippen LogP contribution < -0.4 is 16.0 Å². The van der Waals surface area contributed by atoms with Crippen molar-refractivity contribution in [2.24, 2.45) is 11.8 Å². The minimum Gasteiger partial charge on any atom is -0.453 e. The molecule has 9 nitrogen and oxygen atoms in total. The van der Waals surface area contributed by atoms with Crippen molar-refractivity contribution in [3.63, 3.8) is 0 Å². The number of piperidine rings is 1. The molecule has 3 atom stereocenters. The molecule has 1 aromatic rings. The summed E-state index contributed by atoms with van der Waals surface area (Å²) in [7, 11) is 3.27. The molecule has 35 heavy (non-hydrogen) atoms. The summed E-state index contributed by atoms with van der Waals surface area (Å²) in [5, 5.41) is 9.18. The molecule has 0 saturated carbocycles. The Morgan fingerprint density at radius 1 is 1.17 bits per heavy atom. The first-order valence-corrected chi connectivity index (χ1v) is 12.9. The molecule has 0 bridgehead atoms. The summed E-state index contributed by atoms with van der Waals surface area (Å²) in [5.74, 6) is 0.763. The van der Waals surface area contributed by atoms with Crippen LogP contribution in [0.5, 0.6) is 0 Å². The van der Waals surface area contributed by atoms with Gasteiger partial charge in [0.2, 0.25) is 0 Å². The van der Waals surface area contributed by atoms with Gasteiger partial charge in [-0.2, -0.15) is 0 Å². The molecular formula is C26H42N4O5. The van der Waals surface area contributed by atoms with Gasteiger partial charge in [-0.05, 0) is 50.6 Å². The summed E-state index contributed by atoms with van der Waals surface area (Å²) >= 11 is 0. The highest BCUT2D eigenvalue weighted by Gasteiger charge is 2.32. The van der Waals surface area contributed by atoms with E-state index in [0.29, 0.717) is 25.6 Å². The van der Waals surface area contributed by atoms with E-state index in [-0.39, 0.29) is 24.1 Å². The van der Waals surface area contributed by atoms with Gasteiger partial charge in [-0.15, -0.1) is 0 Å². The third-order valence-corrected chi connectivity index (χ3v) is 6.89. The zero-order valence-corrected chi connectivity index (χ0v) is 21.2. The lowest BCUT2D eigenvalue weighted by atomic mass is 9.88. The van der Waals surface area contributed by atoms with Crippen molar-refractivity contribution in [3.8, 4) is 0 Å². The number of likely N-dealkylation sites (N-methyl/N-ethyl adjacent to an activating group) is 1. The fraction of sp³-hybridized carbons (Fsp3) is 0.692. The Morgan fingerprint density at radius 2 is 1.94 bits per heavy atom. The van der Waals surface area contributed by atoms with Crippen LogP contribution in [0, 0.1) is 11.8 Å². The predicted octanol–water partition coefficient (Wildman–Crippen LogP) is 2.93. The molecule has 196 valence electrons. The summed E-state index contributed by atoms with van der Waals surface area (Å²) in [6, 6.07) is 10.2. The number of likely N-dealkylation sites (tertiary alicyclic amines) is 1. The average Bonchev–Trinajstić information content (AvgIpc) is 2.89. The molecule has 0 aromatic heterocycles. The van der Waals surface area contributed by atoms with E-state index in [0.717, 1.165) is 64.0 Å². The second-order valence-corrected chi connectivity index (χ2v) is 9.46. The maximum Gasteiger partial charge on any atom is 0.406 e. The molecule has 3 N–H and O–H groups in total. The van der Waals surface area contributed by atoms with E-state index in [4.69, 9.17) is 9.47 Å². The van der Waals surface area contributed by atoms with Crippen molar-refractivity contribution in [2.75, 3.05) is 60.2 Å². The van der Waals surface area contributed by atoms with Crippen LogP contribution in [0.15, 0.2) is 30.3 Å². The lowest BCUT2D eigenvalue weighted by Crippen LogP contribution is -2.52. The summed E-state index contributed by atoms with van der Waals surface area (Å²) in [5.41, 5.74) is 1.09. The molecule has 3 unspecified atom stereocenters. The number of hydrogen-bond donors (Lipinski definition) is 3. The number of amides is 3. The maximum absolute atomic E-state index is 13.3. The molecule has 2 saturated heterocycles. The van der Waals surface area contributed by atoms with Crippen molar-refractivity contribution in [2.45, 2.75) is 44.2 Å². The first-order valence-electron chi connectivity index (χ1n) is 12.9. The van der Waals surface area contributed by atoms with Crippen molar-refractivity contribution in [1.82, 2.24) is 20.9 Å². The SMILES string of the molecule is CNCC(CC1CCOCC1)NC(=O)N1CCCC(C(OCCNC(=O)OC)c2ccccc2)C1. The van der Waals surface area contributed by atoms with E-state index in [1.54, 1.807) is 0 Å². The molecule has 2 heterocycles. The number of benzene rings is 1. The Balaban J connectivity index is 1.59. The van der Waals surface area contributed by atoms with Gasteiger partial charge in [0.1, 0.15) is 0 Å². The molecule has 3 rings (SSSR count). The fourth-order valence-electron chi connectivity index (χ4n) is 5.09. The zero-order chi connectivity index (χ0) is 24.9. The first-order chi connectivity index (χ1) is 17.1. The summed E-state index contributed by atoms with van der Waals surface area (Å²) in [6.07, 6.45) is 4.38. The topological polar surface area (TPSA) is 101 Å². The van der Waals surface area contributed by atoms with Crippen LogP contribution in [0.3, 0.4) is 0 Å². The zero-order valence-electron chi connectivity index (χ0n) is 21.2. The molecule has 0 spiro atoms. The predicted molar refractivity (Wildman–Crippen MR) is 134 cm³/mol. The number of nitrogens with zero attached hydrogens (tertiary/aromatic N) is 1. The minimum absolute atomic E-state index is 0.00109. The molecule has 0 aliphatic carbocycles. The van der Waals surface area contributed by atoms with Gasteiger partial charge < -0.3 is 35.1 Å². The van der Waals surface area contributed by atoms with E-state index in [1.165, 1.54) is 7.11 Å². The van der Waals surface area contributed by atoms with Crippen LogP contribution in [0.2, 0.25) is 0 Å². The van der Waals surface area contributed by atoms with Gasteiger partial charge in [-0.1, -0.05) is 30.3 Å². The van der Waals surface area contributed by atoms with Gasteiger partial charge in [0.15, 0.2) is 0 Å². The van der Waals surface area contributed by atoms with E-state index in [1.807, 2.05) is 30.1 Å². The molecule has 3 amide bonds. The van der Waals surface area contributed by atoms with Gasteiger partial charge in [0.05, 0.1) is 19.8 Å². The quantitative estimate of drug-likeness (QED) is 0.413. The molecule has 1 aromatic carbocycles. The van der Waals surface area contributed by atoms with Gasteiger partial charge in [-0.3, -0.25) is 0 Å². The van der Waals surface area contributed by atoms with Crippen LogP contribution in [0.25, 0.3) is 0 Å². The monoisotopic (exact) mass is 490 g/mol. The third-order valence-electron chi connectivity index (χ3n) is 6.89. The number of hydrogen-bond acceptors (Lipinski definition) is 6. The van der Waals surface area contributed by atoms with E-state index < -0.39 is 6.09 Å². The molecule has 2 aliphatic heterocycles. The van der Waals surface area contributed by atoms with Crippen molar-refractivity contribution in [1.29, 1.82) is 0 Å². The second-order valence-electron chi connectivity index (χ2n) is 9.46. The van der Waals surface area contributed by atoms with Crippen LogP contribution in [0.4, 0.5) is 9.59 Å². The number of alkyl carbamates (subject to hydrolysis) is 1. The normalized spacial score (nSPS) is 20.6. The number of urea groups is 1. The van der Waals surface area contributed by atoms with Crippen molar-refractivity contribution < 1.29 is 23.8 Å². The fourth-order valence-corrected chi connectivity index (χ4v) is 5.09. The molecule has 0 radical (unpaired) electrons. The van der Waals surface area contributed by atoms with Crippen LogP contribution >= 0.6 is 0 Å². The average molecular weight is 491 g/mol.